The number of aryl methyl sites for hydroxylation is 1. The van der Waals surface area contributed by atoms with Crippen LogP contribution in [0, 0.1) is 18.7 Å². The van der Waals surface area contributed by atoms with Crippen LogP contribution in [0.1, 0.15) is 31.2 Å². The second-order valence-corrected chi connectivity index (χ2v) is 5.74. The van der Waals surface area contributed by atoms with Crippen molar-refractivity contribution in [2.75, 3.05) is 11.9 Å². The van der Waals surface area contributed by atoms with Gasteiger partial charge in [-0.25, -0.2) is 4.39 Å². The summed E-state index contributed by atoms with van der Waals surface area (Å²) in [4.78, 5) is 23.6. The smallest absolute Gasteiger partial charge is 0.313 e. The Kier molecular flexibility index (Phi) is 5.49. The van der Waals surface area contributed by atoms with Gasteiger partial charge in [0.15, 0.2) is 0 Å². The van der Waals surface area contributed by atoms with Crippen LogP contribution >= 0.6 is 0 Å². The summed E-state index contributed by atoms with van der Waals surface area (Å²) < 4.78 is 13.1. The third kappa shape index (κ3) is 4.27. The number of aliphatic hydroxyl groups excluding tert-OH is 1. The second kappa shape index (κ2) is 7.35. The largest absolute Gasteiger partial charge is 0.393 e. The molecular weight excluding hydrogens is 287 g/mol. The summed E-state index contributed by atoms with van der Waals surface area (Å²) in [5.74, 6) is -1.91. The first-order valence-corrected chi connectivity index (χ1v) is 7.51. The van der Waals surface area contributed by atoms with E-state index < -0.39 is 17.9 Å². The molecule has 0 spiro atoms. The molecule has 5 nitrogen and oxygen atoms in total. The summed E-state index contributed by atoms with van der Waals surface area (Å²) in [6, 6.07) is 4.10. The highest BCUT2D eigenvalue weighted by Crippen LogP contribution is 2.23. The van der Waals surface area contributed by atoms with Gasteiger partial charge in [0.05, 0.1) is 6.10 Å². The predicted molar refractivity (Wildman–Crippen MR) is 80.7 cm³/mol. The lowest BCUT2D eigenvalue weighted by Crippen LogP contribution is -2.41. The molecule has 1 aliphatic carbocycles. The zero-order valence-corrected chi connectivity index (χ0v) is 12.6. The summed E-state index contributed by atoms with van der Waals surface area (Å²) in [5, 5.41) is 14.8. The van der Waals surface area contributed by atoms with E-state index in [1.807, 2.05) is 0 Å². The monoisotopic (exact) mass is 308 g/mol. The Morgan fingerprint density at radius 2 is 2.00 bits per heavy atom. The van der Waals surface area contributed by atoms with Crippen LogP contribution in [0.25, 0.3) is 0 Å². The first kappa shape index (κ1) is 16.4. The first-order chi connectivity index (χ1) is 10.5. The van der Waals surface area contributed by atoms with Gasteiger partial charge in [0.1, 0.15) is 5.82 Å². The molecule has 22 heavy (non-hydrogen) atoms. The van der Waals surface area contributed by atoms with Gasteiger partial charge in [-0.1, -0.05) is 12.8 Å². The quantitative estimate of drug-likeness (QED) is 0.744. The van der Waals surface area contributed by atoms with E-state index in [-0.39, 0.29) is 18.3 Å². The van der Waals surface area contributed by atoms with Crippen molar-refractivity contribution < 1.29 is 19.1 Å². The molecule has 2 atom stereocenters. The summed E-state index contributed by atoms with van der Waals surface area (Å²) in [7, 11) is 0. The van der Waals surface area contributed by atoms with E-state index in [2.05, 4.69) is 10.6 Å². The van der Waals surface area contributed by atoms with Gasteiger partial charge in [-0.2, -0.15) is 0 Å². The molecule has 0 heterocycles. The zero-order chi connectivity index (χ0) is 16.1. The summed E-state index contributed by atoms with van der Waals surface area (Å²) in [6.07, 6.45) is 3.19. The van der Waals surface area contributed by atoms with Gasteiger partial charge in [0.25, 0.3) is 0 Å². The molecule has 1 fully saturated rings. The normalized spacial score (nSPS) is 21.2. The highest BCUT2D eigenvalue weighted by Gasteiger charge is 2.24. The molecule has 3 N–H and O–H groups in total. The molecule has 0 aliphatic heterocycles. The number of hydrogen-bond acceptors (Lipinski definition) is 3. The van der Waals surface area contributed by atoms with E-state index in [0.29, 0.717) is 11.3 Å². The number of rotatable bonds is 3. The number of carbonyl (C=O) groups excluding carboxylic acids is 2. The van der Waals surface area contributed by atoms with E-state index >= 15 is 0 Å². The van der Waals surface area contributed by atoms with Gasteiger partial charge in [0.2, 0.25) is 0 Å². The topological polar surface area (TPSA) is 78.4 Å². The van der Waals surface area contributed by atoms with Crippen LogP contribution in [-0.4, -0.2) is 29.6 Å². The number of hydrogen-bond donors (Lipinski definition) is 3. The number of amides is 2. The van der Waals surface area contributed by atoms with Crippen LogP contribution in [0.4, 0.5) is 10.1 Å². The highest BCUT2D eigenvalue weighted by atomic mass is 19.1. The van der Waals surface area contributed by atoms with Crippen molar-refractivity contribution in [3.8, 4) is 0 Å². The van der Waals surface area contributed by atoms with Crippen molar-refractivity contribution in [1.29, 1.82) is 0 Å². The Bertz CT molecular complexity index is 562. The van der Waals surface area contributed by atoms with Crippen LogP contribution in [-0.2, 0) is 9.59 Å². The molecule has 0 bridgehead atoms. The number of halogens is 1. The Morgan fingerprint density at radius 1 is 1.27 bits per heavy atom. The van der Waals surface area contributed by atoms with Crippen LogP contribution in [0.3, 0.4) is 0 Å². The molecule has 120 valence electrons. The average Bonchev–Trinajstić information content (AvgIpc) is 2.50. The minimum atomic E-state index is -0.795. The molecule has 1 saturated carbocycles. The summed E-state index contributed by atoms with van der Waals surface area (Å²) >= 11 is 0. The van der Waals surface area contributed by atoms with Crippen molar-refractivity contribution in [3.05, 3.63) is 29.6 Å². The fraction of sp³-hybridized carbons (Fsp3) is 0.500. The lowest BCUT2D eigenvalue weighted by atomic mass is 9.86. The van der Waals surface area contributed by atoms with Gasteiger partial charge in [-0.05, 0) is 43.5 Å². The van der Waals surface area contributed by atoms with Crippen LogP contribution in [0.2, 0.25) is 0 Å². The number of benzene rings is 1. The number of nitrogens with one attached hydrogen (secondary N) is 2. The van der Waals surface area contributed by atoms with E-state index in [1.54, 1.807) is 6.92 Å². The average molecular weight is 308 g/mol. The maximum atomic E-state index is 13.1. The van der Waals surface area contributed by atoms with Gasteiger partial charge in [-0.3, -0.25) is 9.59 Å². The number of aliphatic hydroxyl groups is 1. The Morgan fingerprint density at radius 3 is 2.68 bits per heavy atom. The predicted octanol–water partition coefficient (Wildman–Crippen LogP) is 1.74. The molecule has 0 aromatic heterocycles. The summed E-state index contributed by atoms with van der Waals surface area (Å²) in [6.45, 7) is 1.87. The van der Waals surface area contributed by atoms with Gasteiger partial charge >= 0.3 is 11.8 Å². The molecule has 0 saturated heterocycles. The molecule has 0 radical (unpaired) electrons. The molecule has 1 aromatic carbocycles. The molecule has 1 aromatic rings. The lowest BCUT2D eigenvalue weighted by molar-refractivity contribution is -0.136. The number of carbonyl (C=O) groups is 2. The second-order valence-electron chi connectivity index (χ2n) is 5.74. The number of anilines is 1. The minimum Gasteiger partial charge on any atom is -0.393 e. The fourth-order valence-corrected chi connectivity index (χ4v) is 2.64. The minimum absolute atomic E-state index is 0.00133. The third-order valence-corrected chi connectivity index (χ3v) is 4.02. The van der Waals surface area contributed by atoms with Gasteiger partial charge in [0, 0.05) is 18.2 Å². The van der Waals surface area contributed by atoms with Crippen molar-refractivity contribution in [2.24, 2.45) is 5.92 Å². The maximum absolute atomic E-state index is 13.1. The molecule has 2 rings (SSSR count). The molecule has 6 heteroatoms. The Balaban J connectivity index is 1.84. The molecular formula is C16H21FN2O3. The van der Waals surface area contributed by atoms with Crippen LogP contribution in [0.15, 0.2) is 18.2 Å². The highest BCUT2D eigenvalue weighted by molar-refractivity contribution is 6.39. The maximum Gasteiger partial charge on any atom is 0.313 e. The van der Waals surface area contributed by atoms with Crippen LogP contribution < -0.4 is 10.6 Å². The Labute approximate surface area is 128 Å². The molecule has 2 unspecified atom stereocenters. The van der Waals surface area contributed by atoms with Gasteiger partial charge in [-0.15, -0.1) is 0 Å². The molecule has 2 amide bonds. The molecule has 1 aliphatic rings. The van der Waals surface area contributed by atoms with Crippen molar-refractivity contribution in [3.63, 3.8) is 0 Å². The SMILES string of the molecule is Cc1cc(NC(=O)C(=O)NCC2CCCCC2O)ccc1F. The third-order valence-electron chi connectivity index (χ3n) is 4.02. The first-order valence-electron chi connectivity index (χ1n) is 7.51. The standard InChI is InChI=1S/C16H21FN2O3/c1-10-8-12(6-7-13(10)17)19-16(22)15(21)18-9-11-4-2-3-5-14(11)20/h6-8,11,14,20H,2-5,9H2,1H3,(H,18,21)(H,19,22). The Hall–Kier alpha value is -1.95. The van der Waals surface area contributed by atoms with Gasteiger partial charge < -0.3 is 15.7 Å². The fourth-order valence-electron chi connectivity index (χ4n) is 2.64. The van der Waals surface area contributed by atoms with Crippen molar-refractivity contribution in [1.82, 2.24) is 5.32 Å². The van der Waals surface area contributed by atoms with Crippen LogP contribution in [0.5, 0.6) is 0 Å². The summed E-state index contributed by atoms with van der Waals surface area (Å²) in [5.41, 5.74) is 0.764. The van der Waals surface area contributed by atoms with E-state index in [1.165, 1.54) is 18.2 Å². The van der Waals surface area contributed by atoms with E-state index in [0.717, 1.165) is 25.7 Å². The van der Waals surface area contributed by atoms with Crippen molar-refractivity contribution in [2.45, 2.75) is 38.7 Å². The van der Waals surface area contributed by atoms with E-state index in [4.69, 9.17) is 0 Å². The zero-order valence-electron chi connectivity index (χ0n) is 12.6. The van der Waals surface area contributed by atoms with Crippen molar-refractivity contribution >= 4 is 17.5 Å². The van der Waals surface area contributed by atoms with E-state index in [9.17, 15) is 19.1 Å². The lowest BCUT2D eigenvalue weighted by Gasteiger charge is -2.27.